The quantitative estimate of drug-likeness (QED) is 0.779. The Hall–Kier alpha value is -1.92. The SMILES string of the molecule is CC1(C)N=C(N)O[C@](C)(c2cc(N)ccc2F)C1(F)F. The number of ether oxygens (including phenoxy) is 1. The molecule has 0 amide bonds. The van der Waals surface area contributed by atoms with Gasteiger partial charge in [0.1, 0.15) is 11.4 Å². The minimum atomic E-state index is -3.49. The van der Waals surface area contributed by atoms with Crippen LogP contribution in [0.25, 0.3) is 0 Å². The van der Waals surface area contributed by atoms with Gasteiger partial charge in [-0.3, -0.25) is 0 Å². The molecule has 0 saturated carbocycles. The first-order chi connectivity index (χ1) is 9.01. The molecule has 0 spiro atoms. The fraction of sp³-hybridized carbons (Fsp3) is 0.462. The lowest BCUT2D eigenvalue weighted by Gasteiger charge is -2.47. The van der Waals surface area contributed by atoms with Crippen molar-refractivity contribution in [3.05, 3.63) is 29.6 Å². The van der Waals surface area contributed by atoms with Gasteiger partial charge in [-0.25, -0.2) is 9.38 Å². The van der Waals surface area contributed by atoms with Crippen molar-refractivity contribution in [2.75, 3.05) is 5.73 Å². The lowest BCUT2D eigenvalue weighted by molar-refractivity contribution is -0.215. The fourth-order valence-corrected chi connectivity index (χ4v) is 2.36. The van der Waals surface area contributed by atoms with Crippen molar-refractivity contribution in [1.82, 2.24) is 0 Å². The number of rotatable bonds is 1. The molecule has 1 aliphatic rings. The first kappa shape index (κ1) is 14.5. The average molecular weight is 287 g/mol. The van der Waals surface area contributed by atoms with Crippen molar-refractivity contribution in [3.63, 3.8) is 0 Å². The van der Waals surface area contributed by atoms with Crippen LogP contribution >= 0.6 is 0 Å². The molecule has 0 bridgehead atoms. The Kier molecular flexibility index (Phi) is 2.92. The van der Waals surface area contributed by atoms with Gasteiger partial charge in [0.2, 0.25) is 5.60 Å². The van der Waals surface area contributed by atoms with Gasteiger partial charge in [-0.05, 0) is 39.0 Å². The summed E-state index contributed by atoms with van der Waals surface area (Å²) >= 11 is 0. The maximum Gasteiger partial charge on any atom is 0.315 e. The van der Waals surface area contributed by atoms with E-state index in [9.17, 15) is 13.2 Å². The van der Waals surface area contributed by atoms with E-state index in [1.54, 1.807) is 0 Å². The maximum atomic E-state index is 14.7. The fourth-order valence-electron chi connectivity index (χ4n) is 2.36. The van der Waals surface area contributed by atoms with Crippen molar-refractivity contribution in [2.24, 2.45) is 10.7 Å². The smallest absolute Gasteiger partial charge is 0.315 e. The zero-order chi connectivity index (χ0) is 15.3. The van der Waals surface area contributed by atoms with Crippen LogP contribution in [0, 0.1) is 5.82 Å². The second-order valence-corrected chi connectivity index (χ2v) is 5.46. The van der Waals surface area contributed by atoms with E-state index in [1.165, 1.54) is 19.9 Å². The van der Waals surface area contributed by atoms with E-state index < -0.39 is 28.9 Å². The standard InChI is InChI=1S/C13H16F3N3O/c1-11(2)13(15,16)12(3,20-10(18)19-11)8-6-7(17)4-5-9(8)14/h4-6H,17H2,1-3H3,(H2,18,19)/t12-/m1/s1. The third-order valence-electron chi connectivity index (χ3n) is 3.57. The molecule has 4 N–H and O–H groups in total. The minimum absolute atomic E-state index is 0.154. The number of aliphatic imine (C=N–C) groups is 1. The molecule has 4 nitrogen and oxygen atoms in total. The number of halogens is 3. The number of benzene rings is 1. The van der Waals surface area contributed by atoms with E-state index in [2.05, 4.69) is 4.99 Å². The molecule has 1 aliphatic heterocycles. The van der Waals surface area contributed by atoms with Crippen molar-refractivity contribution >= 4 is 11.7 Å². The van der Waals surface area contributed by atoms with Crippen molar-refractivity contribution in [2.45, 2.75) is 37.8 Å². The molecular weight excluding hydrogens is 271 g/mol. The predicted octanol–water partition coefficient (Wildman–Crippen LogP) is 2.38. The van der Waals surface area contributed by atoms with Crippen LogP contribution in [-0.4, -0.2) is 17.5 Å². The molecule has 20 heavy (non-hydrogen) atoms. The maximum absolute atomic E-state index is 14.7. The van der Waals surface area contributed by atoms with Crippen LogP contribution in [0.3, 0.4) is 0 Å². The summed E-state index contributed by atoms with van der Waals surface area (Å²) in [6.45, 7) is 3.50. The molecule has 0 saturated heterocycles. The molecule has 1 aromatic rings. The number of hydrogen-bond donors (Lipinski definition) is 2. The number of anilines is 1. The van der Waals surface area contributed by atoms with Gasteiger partial charge in [0, 0.05) is 11.3 Å². The molecule has 0 unspecified atom stereocenters. The summed E-state index contributed by atoms with van der Waals surface area (Å²) < 4.78 is 48.4. The Morgan fingerprint density at radius 2 is 1.75 bits per heavy atom. The number of hydrogen-bond acceptors (Lipinski definition) is 4. The van der Waals surface area contributed by atoms with Crippen LogP contribution in [0.5, 0.6) is 0 Å². The van der Waals surface area contributed by atoms with Crippen LogP contribution < -0.4 is 11.5 Å². The molecule has 0 fully saturated rings. The Morgan fingerprint density at radius 1 is 1.15 bits per heavy atom. The minimum Gasteiger partial charge on any atom is -0.448 e. The molecule has 110 valence electrons. The van der Waals surface area contributed by atoms with E-state index in [0.29, 0.717) is 0 Å². The monoisotopic (exact) mass is 287 g/mol. The summed E-state index contributed by atoms with van der Waals surface area (Å²) in [5, 5.41) is 0. The molecular formula is C13H16F3N3O. The molecule has 0 aliphatic carbocycles. The molecule has 0 radical (unpaired) electrons. The van der Waals surface area contributed by atoms with Gasteiger partial charge in [0.25, 0.3) is 6.02 Å². The first-order valence-corrected chi connectivity index (χ1v) is 5.99. The van der Waals surface area contributed by atoms with Crippen LogP contribution in [-0.2, 0) is 10.3 Å². The Bertz CT molecular complexity index is 586. The van der Waals surface area contributed by atoms with Crippen LogP contribution in [0.15, 0.2) is 23.2 Å². The van der Waals surface area contributed by atoms with E-state index in [-0.39, 0.29) is 11.3 Å². The highest BCUT2D eigenvalue weighted by Gasteiger charge is 2.66. The molecule has 1 heterocycles. The molecule has 1 atom stereocenters. The lowest BCUT2D eigenvalue weighted by atomic mass is 9.78. The summed E-state index contributed by atoms with van der Waals surface area (Å²) in [5.74, 6) is -4.33. The normalized spacial score (nSPS) is 27.6. The van der Waals surface area contributed by atoms with E-state index >= 15 is 0 Å². The number of amidine groups is 1. The number of nitrogen functional groups attached to an aromatic ring is 1. The third-order valence-corrected chi connectivity index (χ3v) is 3.57. The first-order valence-electron chi connectivity index (χ1n) is 5.99. The predicted molar refractivity (Wildman–Crippen MR) is 69.9 cm³/mol. The summed E-state index contributed by atoms with van der Waals surface area (Å²) in [4.78, 5) is 3.61. The summed E-state index contributed by atoms with van der Waals surface area (Å²) in [6, 6.07) is 3.01. The van der Waals surface area contributed by atoms with Crippen molar-refractivity contribution in [1.29, 1.82) is 0 Å². The van der Waals surface area contributed by atoms with Gasteiger partial charge < -0.3 is 16.2 Å². The average Bonchev–Trinajstić information content (AvgIpc) is 2.29. The van der Waals surface area contributed by atoms with Crippen LogP contribution in [0.1, 0.15) is 26.3 Å². The third kappa shape index (κ3) is 1.80. The second kappa shape index (κ2) is 4.04. The van der Waals surface area contributed by atoms with Crippen LogP contribution in [0.2, 0.25) is 0 Å². The van der Waals surface area contributed by atoms with Crippen LogP contribution in [0.4, 0.5) is 18.9 Å². The summed E-state index contributed by atoms with van der Waals surface area (Å²) in [7, 11) is 0. The van der Waals surface area contributed by atoms with E-state index in [4.69, 9.17) is 16.2 Å². The van der Waals surface area contributed by atoms with E-state index in [1.807, 2.05) is 0 Å². The van der Waals surface area contributed by atoms with Gasteiger partial charge in [-0.1, -0.05) is 0 Å². The largest absolute Gasteiger partial charge is 0.448 e. The Morgan fingerprint density at radius 3 is 2.35 bits per heavy atom. The highest BCUT2D eigenvalue weighted by Crippen LogP contribution is 2.51. The van der Waals surface area contributed by atoms with Gasteiger partial charge in [0.05, 0.1) is 0 Å². The highest BCUT2D eigenvalue weighted by atomic mass is 19.3. The number of nitrogens with zero attached hydrogens (tertiary/aromatic N) is 1. The number of nitrogens with two attached hydrogens (primary N) is 2. The Balaban J connectivity index is 2.70. The highest BCUT2D eigenvalue weighted by molar-refractivity contribution is 5.74. The molecule has 1 aromatic carbocycles. The van der Waals surface area contributed by atoms with Gasteiger partial charge >= 0.3 is 5.92 Å². The molecule has 2 rings (SSSR count). The van der Waals surface area contributed by atoms with Gasteiger partial charge in [0.15, 0.2) is 0 Å². The zero-order valence-corrected chi connectivity index (χ0v) is 11.4. The Labute approximate surface area is 114 Å². The van der Waals surface area contributed by atoms with E-state index in [0.717, 1.165) is 19.1 Å². The topological polar surface area (TPSA) is 73.6 Å². The van der Waals surface area contributed by atoms with Crippen molar-refractivity contribution < 1.29 is 17.9 Å². The van der Waals surface area contributed by atoms with Crippen molar-refractivity contribution in [3.8, 4) is 0 Å². The summed E-state index contributed by atoms with van der Waals surface area (Å²) in [6.07, 6.45) is 0. The number of alkyl halides is 2. The molecule has 7 heteroatoms. The zero-order valence-electron chi connectivity index (χ0n) is 11.4. The lowest BCUT2D eigenvalue weighted by Crippen LogP contribution is -2.62. The second-order valence-electron chi connectivity index (χ2n) is 5.46. The summed E-state index contributed by atoms with van der Waals surface area (Å²) in [5.41, 5.74) is 6.71. The van der Waals surface area contributed by atoms with Gasteiger partial charge in [-0.15, -0.1) is 0 Å². The van der Waals surface area contributed by atoms with Gasteiger partial charge in [-0.2, -0.15) is 8.78 Å². The molecule has 0 aromatic heterocycles.